The molecular weight excluding hydrogens is 477 g/mol. The summed E-state index contributed by atoms with van der Waals surface area (Å²) in [7, 11) is 0. The molecule has 1 amide bonds. The predicted octanol–water partition coefficient (Wildman–Crippen LogP) is 4.42. The molecule has 2 aliphatic carbocycles. The number of aliphatic hydroxyl groups is 1. The summed E-state index contributed by atoms with van der Waals surface area (Å²) in [5.41, 5.74) is 7.54. The van der Waals surface area contributed by atoms with Crippen LogP contribution < -0.4 is 16.4 Å². The molecule has 2 atom stereocenters. The van der Waals surface area contributed by atoms with Gasteiger partial charge in [0, 0.05) is 17.0 Å². The number of benzene rings is 1. The van der Waals surface area contributed by atoms with Crippen molar-refractivity contribution in [2.75, 3.05) is 10.6 Å². The minimum Gasteiger partial charge on any atom is -0.391 e. The molecule has 180 valence electrons. The zero-order valence-corrected chi connectivity index (χ0v) is 20.1. The normalized spacial score (nSPS) is 24.9. The second-order valence-corrected chi connectivity index (χ2v) is 9.96. The minimum atomic E-state index is -0.405. The Bertz CT molecular complexity index is 1210. The molecule has 3 aromatic rings. The number of rotatable bonds is 6. The van der Waals surface area contributed by atoms with Gasteiger partial charge < -0.3 is 21.5 Å². The number of carbonyl (C=O) groups excluding carboxylic acids is 1. The van der Waals surface area contributed by atoms with Gasteiger partial charge in [0.1, 0.15) is 5.52 Å². The summed E-state index contributed by atoms with van der Waals surface area (Å²) in [5.74, 6) is 0.698. The molecule has 0 saturated heterocycles. The standard InChI is InChI=1S/C23H27Cl2N7O2/c24-13-6-9-16(15(25)10-13)29-23-30-18-11-27-22(28-17-2-1-3-19(17)33)31-21(18)32(23)14-7-4-12(5-8-14)20(26)34/h6,9-12,14,17,19,33H,1-5,7-8H2,(H2,26,34)(H,29,30)(H,27,28,31)/t12?,14?,17?,19-/m1/s1. The zero-order chi connectivity index (χ0) is 23.8. The van der Waals surface area contributed by atoms with Gasteiger partial charge >= 0.3 is 0 Å². The minimum absolute atomic E-state index is 0.0645. The molecule has 2 saturated carbocycles. The van der Waals surface area contributed by atoms with Crippen LogP contribution in [-0.2, 0) is 4.79 Å². The zero-order valence-electron chi connectivity index (χ0n) is 18.5. The first-order chi connectivity index (χ1) is 16.4. The van der Waals surface area contributed by atoms with E-state index in [9.17, 15) is 9.90 Å². The molecular formula is C23H27Cl2N7O2. The molecule has 0 aliphatic heterocycles. The van der Waals surface area contributed by atoms with Crippen molar-refractivity contribution in [1.82, 2.24) is 19.5 Å². The number of nitrogens with two attached hydrogens (primary N) is 1. The first-order valence-corrected chi connectivity index (χ1v) is 12.4. The van der Waals surface area contributed by atoms with E-state index in [-0.39, 0.29) is 23.9 Å². The smallest absolute Gasteiger partial charge is 0.225 e. The quantitative estimate of drug-likeness (QED) is 0.391. The van der Waals surface area contributed by atoms with E-state index in [1.807, 2.05) is 0 Å². The Hall–Kier alpha value is -2.62. The van der Waals surface area contributed by atoms with Crippen LogP contribution in [0.15, 0.2) is 24.4 Å². The fourth-order valence-electron chi connectivity index (χ4n) is 5.00. The third-order valence-corrected chi connectivity index (χ3v) is 7.42. The lowest BCUT2D eigenvalue weighted by Gasteiger charge is -2.29. The molecule has 9 nitrogen and oxygen atoms in total. The van der Waals surface area contributed by atoms with Crippen molar-refractivity contribution >= 4 is 57.9 Å². The number of halogens is 2. The number of hydrogen-bond acceptors (Lipinski definition) is 7. The van der Waals surface area contributed by atoms with Gasteiger partial charge in [-0.3, -0.25) is 9.36 Å². The van der Waals surface area contributed by atoms with Crippen LogP contribution in [0.5, 0.6) is 0 Å². The lowest BCUT2D eigenvalue weighted by atomic mass is 9.85. The second kappa shape index (κ2) is 9.56. The number of amides is 1. The van der Waals surface area contributed by atoms with Crippen LogP contribution in [-0.4, -0.2) is 42.7 Å². The molecule has 0 spiro atoms. The van der Waals surface area contributed by atoms with Crippen molar-refractivity contribution in [1.29, 1.82) is 0 Å². The van der Waals surface area contributed by atoms with E-state index in [1.54, 1.807) is 24.4 Å². The van der Waals surface area contributed by atoms with Crippen LogP contribution in [0.3, 0.4) is 0 Å². The van der Waals surface area contributed by atoms with Crippen molar-refractivity contribution < 1.29 is 9.90 Å². The molecule has 34 heavy (non-hydrogen) atoms. The van der Waals surface area contributed by atoms with Crippen LogP contribution in [0.2, 0.25) is 10.0 Å². The number of aliphatic hydroxyl groups excluding tert-OH is 1. The van der Waals surface area contributed by atoms with Crippen molar-refractivity contribution in [2.45, 2.75) is 63.1 Å². The number of anilines is 3. The summed E-state index contributed by atoms with van der Waals surface area (Å²) in [6, 6.07) is 5.25. The van der Waals surface area contributed by atoms with Gasteiger partial charge in [0.2, 0.25) is 17.8 Å². The highest BCUT2D eigenvalue weighted by molar-refractivity contribution is 6.36. The molecule has 11 heteroatoms. The highest BCUT2D eigenvalue weighted by Gasteiger charge is 2.30. The molecule has 5 N–H and O–H groups in total. The number of imidazole rings is 1. The summed E-state index contributed by atoms with van der Waals surface area (Å²) in [4.78, 5) is 25.7. The Labute approximate surface area is 207 Å². The van der Waals surface area contributed by atoms with Crippen molar-refractivity contribution in [3.63, 3.8) is 0 Å². The lowest BCUT2D eigenvalue weighted by Crippen LogP contribution is -2.29. The van der Waals surface area contributed by atoms with Gasteiger partial charge in [0.25, 0.3) is 0 Å². The molecule has 1 unspecified atom stereocenters. The van der Waals surface area contributed by atoms with Crippen LogP contribution in [0.1, 0.15) is 51.0 Å². The van der Waals surface area contributed by atoms with Gasteiger partial charge in [-0.1, -0.05) is 23.2 Å². The van der Waals surface area contributed by atoms with E-state index in [2.05, 4.69) is 20.2 Å². The average Bonchev–Trinajstić information content (AvgIpc) is 3.38. The van der Waals surface area contributed by atoms with E-state index in [4.69, 9.17) is 38.9 Å². The Morgan fingerprint density at radius 2 is 1.91 bits per heavy atom. The van der Waals surface area contributed by atoms with E-state index in [0.29, 0.717) is 51.6 Å². The summed E-state index contributed by atoms with van der Waals surface area (Å²) in [6.45, 7) is 0. The molecule has 0 radical (unpaired) electrons. The number of primary amides is 1. The van der Waals surface area contributed by atoms with E-state index < -0.39 is 6.10 Å². The van der Waals surface area contributed by atoms with Gasteiger partial charge in [-0.15, -0.1) is 0 Å². The van der Waals surface area contributed by atoms with Gasteiger partial charge in [-0.2, -0.15) is 4.98 Å². The maximum atomic E-state index is 11.7. The second-order valence-electron chi connectivity index (χ2n) is 9.11. The number of fused-ring (bicyclic) bond motifs is 1. The highest BCUT2D eigenvalue weighted by Crippen LogP contribution is 2.38. The van der Waals surface area contributed by atoms with Crippen LogP contribution in [0, 0.1) is 5.92 Å². The average molecular weight is 504 g/mol. The first-order valence-electron chi connectivity index (χ1n) is 11.6. The number of hydrogen-bond donors (Lipinski definition) is 4. The topological polar surface area (TPSA) is 131 Å². The summed E-state index contributed by atoms with van der Waals surface area (Å²) < 4.78 is 2.06. The Morgan fingerprint density at radius 1 is 1.12 bits per heavy atom. The molecule has 2 aromatic heterocycles. The van der Waals surface area contributed by atoms with Crippen LogP contribution in [0.25, 0.3) is 11.2 Å². The first kappa shape index (κ1) is 23.1. The Kier molecular flexibility index (Phi) is 6.50. The predicted molar refractivity (Wildman–Crippen MR) is 133 cm³/mol. The van der Waals surface area contributed by atoms with Gasteiger partial charge in [0.15, 0.2) is 5.65 Å². The Morgan fingerprint density at radius 3 is 2.59 bits per heavy atom. The van der Waals surface area contributed by atoms with Crippen molar-refractivity contribution in [3.8, 4) is 0 Å². The monoisotopic (exact) mass is 503 g/mol. The summed E-state index contributed by atoms with van der Waals surface area (Å²) >= 11 is 12.5. The summed E-state index contributed by atoms with van der Waals surface area (Å²) in [5, 5.41) is 17.8. The van der Waals surface area contributed by atoms with Crippen molar-refractivity contribution in [2.24, 2.45) is 11.7 Å². The van der Waals surface area contributed by atoms with Crippen LogP contribution >= 0.6 is 23.2 Å². The fourth-order valence-corrected chi connectivity index (χ4v) is 5.45. The van der Waals surface area contributed by atoms with Gasteiger partial charge in [-0.25, -0.2) is 9.97 Å². The molecule has 1 aromatic carbocycles. The molecule has 2 heterocycles. The SMILES string of the molecule is NC(=O)C1CCC(n2c(Nc3ccc(Cl)cc3Cl)nc3cnc(NC4CCC[C@H]4O)nc32)CC1. The largest absolute Gasteiger partial charge is 0.391 e. The third-order valence-electron chi connectivity index (χ3n) is 6.87. The maximum absolute atomic E-state index is 11.7. The van der Waals surface area contributed by atoms with E-state index in [0.717, 1.165) is 32.1 Å². The molecule has 5 rings (SSSR count). The number of carbonyl (C=O) groups is 1. The lowest BCUT2D eigenvalue weighted by molar-refractivity contribution is -0.122. The molecule has 2 aliphatic rings. The molecule has 2 fully saturated rings. The van der Waals surface area contributed by atoms with Crippen LogP contribution in [0.4, 0.5) is 17.6 Å². The molecule has 0 bridgehead atoms. The third kappa shape index (κ3) is 4.64. The number of nitrogens with one attached hydrogen (secondary N) is 2. The van der Waals surface area contributed by atoms with Gasteiger partial charge in [0.05, 0.1) is 29.1 Å². The number of nitrogens with zero attached hydrogens (tertiary/aromatic N) is 4. The van der Waals surface area contributed by atoms with Crippen molar-refractivity contribution in [3.05, 3.63) is 34.4 Å². The Balaban J connectivity index is 1.51. The maximum Gasteiger partial charge on any atom is 0.225 e. The summed E-state index contributed by atoms with van der Waals surface area (Å²) in [6.07, 6.45) is 6.88. The van der Waals surface area contributed by atoms with Gasteiger partial charge in [-0.05, 0) is 63.1 Å². The van der Waals surface area contributed by atoms with E-state index in [1.165, 1.54) is 0 Å². The highest BCUT2D eigenvalue weighted by atomic mass is 35.5. The number of aromatic nitrogens is 4. The van der Waals surface area contributed by atoms with E-state index >= 15 is 0 Å². The fraction of sp³-hybridized carbons (Fsp3) is 0.478.